The highest BCUT2D eigenvalue weighted by atomic mass is 35.5. The molecular weight excluding hydrogens is 672 g/mol. The number of nitrogens with two attached hydrogens (primary N) is 1. The second-order valence-corrected chi connectivity index (χ2v) is 14.6. The van der Waals surface area contributed by atoms with E-state index in [9.17, 15) is 36.3 Å². The van der Waals surface area contributed by atoms with Gasteiger partial charge in [-0.3, -0.25) is 19.6 Å². The van der Waals surface area contributed by atoms with Crippen LogP contribution in [0.25, 0.3) is 0 Å². The summed E-state index contributed by atoms with van der Waals surface area (Å²) in [6.45, 7) is 3.20. The second kappa shape index (κ2) is 14.8. The summed E-state index contributed by atoms with van der Waals surface area (Å²) in [4.78, 5) is 39.0. The largest absolute Gasteiger partial charge is 0.480 e. The van der Waals surface area contributed by atoms with Crippen LogP contribution in [-0.2, 0) is 58.6 Å². The molecular formula is C31H35ClN4O9S2. The van der Waals surface area contributed by atoms with Crippen molar-refractivity contribution in [2.24, 2.45) is 5.14 Å². The third kappa shape index (κ3) is 8.87. The Labute approximate surface area is 278 Å². The number of aliphatic carboxylic acids is 1. The first-order valence-corrected chi connectivity index (χ1v) is 18.0. The summed E-state index contributed by atoms with van der Waals surface area (Å²) >= 11 is 5.89. The van der Waals surface area contributed by atoms with Gasteiger partial charge in [0.2, 0.25) is 15.9 Å². The van der Waals surface area contributed by atoms with Crippen LogP contribution in [0.1, 0.15) is 37.0 Å². The lowest BCUT2D eigenvalue weighted by molar-refractivity contribution is -0.153. The van der Waals surface area contributed by atoms with Crippen LogP contribution in [0.2, 0.25) is 5.02 Å². The molecule has 3 aromatic carbocycles. The number of hydrogen-bond acceptors (Lipinski definition) is 9. The van der Waals surface area contributed by atoms with Crippen molar-refractivity contribution in [1.82, 2.24) is 10.2 Å². The van der Waals surface area contributed by atoms with Crippen molar-refractivity contribution in [2.45, 2.75) is 67.6 Å². The van der Waals surface area contributed by atoms with Gasteiger partial charge in [-0.05, 0) is 73.7 Å². The van der Waals surface area contributed by atoms with E-state index in [2.05, 4.69) is 10.0 Å². The minimum atomic E-state index is -4.32. The first kappa shape index (κ1) is 35.8. The van der Waals surface area contributed by atoms with Crippen LogP contribution in [0.4, 0.5) is 5.69 Å². The van der Waals surface area contributed by atoms with Crippen molar-refractivity contribution >= 4 is 55.2 Å². The summed E-state index contributed by atoms with van der Waals surface area (Å²) in [6, 6.07) is 14.0. The van der Waals surface area contributed by atoms with Crippen molar-refractivity contribution < 1.29 is 41.1 Å². The van der Waals surface area contributed by atoms with E-state index in [-0.39, 0.29) is 30.3 Å². The van der Waals surface area contributed by atoms with Gasteiger partial charge in [0, 0.05) is 18.7 Å². The number of carbonyl (C=O) groups excluding carboxylic acids is 2. The fourth-order valence-electron chi connectivity index (χ4n) is 5.27. The Morgan fingerprint density at radius 3 is 2.38 bits per heavy atom. The number of rotatable bonds is 13. The Hall–Kier alpha value is -4.02. The van der Waals surface area contributed by atoms with Gasteiger partial charge in [0.1, 0.15) is 17.0 Å². The number of carboxylic acid groups (broad SMARTS) is 1. The summed E-state index contributed by atoms with van der Waals surface area (Å²) in [6.07, 6.45) is 0.826. The van der Waals surface area contributed by atoms with E-state index in [0.29, 0.717) is 24.0 Å². The third-order valence-corrected chi connectivity index (χ3v) is 10.4. The van der Waals surface area contributed by atoms with Crippen LogP contribution in [0.15, 0.2) is 76.5 Å². The minimum Gasteiger partial charge on any atom is -0.480 e. The van der Waals surface area contributed by atoms with Gasteiger partial charge in [-0.15, -0.1) is 0 Å². The Morgan fingerprint density at radius 1 is 1.04 bits per heavy atom. The molecule has 3 atom stereocenters. The molecule has 13 nitrogen and oxygen atoms in total. The van der Waals surface area contributed by atoms with Crippen molar-refractivity contribution in [1.29, 1.82) is 0 Å². The molecule has 47 heavy (non-hydrogen) atoms. The Kier molecular flexibility index (Phi) is 11.3. The molecule has 0 spiro atoms. The number of esters is 1. The normalized spacial score (nSPS) is 16.1. The van der Waals surface area contributed by atoms with Gasteiger partial charge < -0.3 is 14.7 Å². The predicted octanol–water partition coefficient (Wildman–Crippen LogP) is 2.67. The molecule has 1 aliphatic heterocycles. The molecule has 5 N–H and O–H groups in total. The third-order valence-electron chi connectivity index (χ3n) is 7.63. The number of nitrogens with zero attached hydrogens (tertiary/aromatic N) is 1. The molecule has 0 bridgehead atoms. The molecule has 0 fully saturated rings. The number of sulfonamides is 2. The lowest BCUT2D eigenvalue weighted by atomic mass is 9.93. The maximum atomic E-state index is 13.7. The van der Waals surface area contributed by atoms with E-state index in [1.807, 2.05) is 30.3 Å². The molecule has 1 amide bonds. The van der Waals surface area contributed by atoms with Crippen LogP contribution < -0.4 is 15.2 Å². The standard InChI is InChI=1S/C31H35ClN4O9S2/c1-3-45-31(40)26(14-9-20-7-5-4-6-8-20)34-19(2)29(37)36-18-22-15-23(11-10-21(22)16-27(36)30(38)39)35-47(43,44)24-12-13-25(32)28(17-24)46(33,41)42/h4-8,10-13,15,17,19,26-27,34-35H,3,9,14,16,18H2,1-2H3,(H,38,39)(H2,33,41,42)/t19-,26-,27-/m0/s1. The smallest absolute Gasteiger partial charge is 0.326 e. The highest BCUT2D eigenvalue weighted by molar-refractivity contribution is 7.93. The summed E-state index contributed by atoms with van der Waals surface area (Å²) in [5.41, 5.74) is 2.18. The number of aryl methyl sites for hydroxylation is 1. The van der Waals surface area contributed by atoms with E-state index >= 15 is 0 Å². The molecule has 0 radical (unpaired) electrons. The number of primary sulfonamides is 1. The zero-order chi connectivity index (χ0) is 34.5. The van der Waals surface area contributed by atoms with Gasteiger partial charge in [-0.2, -0.15) is 0 Å². The lowest BCUT2D eigenvalue weighted by Gasteiger charge is -2.37. The average Bonchev–Trinajstić information content (AvgIpc) is 3.01. The monoisotopic (exact) mass is 706 g/mol. The number of carbonyl (C=O) groups is 3. The van der Waals surface area contributed by atoms with Gasteiger partial charge in [-0.25, -0.2) is 26.8 Å². The number of benzene rings is 3. The Morgan fingerprint density at radius 2 is 1.74 bits per heavy atom. The summed E-state index contributed by atoms with van der Waals surface area (Å²) in [5.74, 6) is -2.32. The molecule has 0 saturated heterocycles. The number of anilines is 1. The SMILES string of the molecule is CCOC(=O)[C@H](CCc1ccccc1)N[C@@H](C)C(=O)N1Cc2cc(NS(=O)(=O)c3ccc(Cl)c(S(N)(=O)=O)c3)ccc2C[C@H]1C(=O)O. The Bertz CT molecular complexity index is 1870. The number of halogens is 1. The summed E-state index contributed by atoms with van der Waals surface area (Å²) < 4.78 is 57.6. The number of amides is 1. The number of ether oxygens (including phenoxy) is 1. The number of nitrogens with one attached hydrogen (secondary N) is 2. The fraction of sp³-hybridized carbons (Fsp3) is 0.323. The molecule has 252 valence electrons. The van der Waals surface area contributed by atoms with Crippen LogP contribution in [0.3, 0.4) is 0 Å². The number of fused-ring (bicyclic) bond motifs is 1. The molecule has 0 aromatic heterocycles. The van der Waals surface area contributed by atoms with Crippen LogP contribution in [0.5, 0.6) is 0 Å². The quantitative estimate of drug-likeness (QED) is 0.191. The number of hydrogen-bond donors (Lipinski definition) is 4. The maximum Gasteiger partial charge on any atom is 0.326 e. The second-order valence-electron chi connectivity index (χ2n) is 11.0. The lowest BCUT2D eigenvalue weighted by Crippen LogP contribution is -2.56. The Balaban J connectivity index is 1.54. The molecule has 0 aliphatic carbocycles. The average molecular weight is 707 g/mol. The van der Waals surface area contributed by atoms with Gasteiger partial charge >= 0.3 is 11.9 Å². The van der Waals surface area contributed by atoms with Crippen molar-refractivity contribution in [3.05, 3.63) is 88.4 Å². The topological polar surface area (TPSA) is 202 Å². The van der Waals surface area contributed by atoms with Crippen molar-refractivity contribution in [3.63, 3.8) is 0 Å². The predicted molar refractivity (Wildman–Crippen MR) is 174 cm³/mol. The van der Waals surface area contributed by atoms with Gasteiger partial charge in [0.25, 0.3) is 10.0 Å². The van der Waals surface area contributed by atoms with Crippen LogP contribution >= 0.6 is 11.6 Å². The van der Waals surface area contributed by atoms with Crippen molar-refractivity contribution in [3.8, 4) is 0 Å². The van der Waals surface area contributed by atoms with Crippen LogP contribution in [0, 0.1) is 0 Å². The highest BCUT2D eigenvalue weighted by Gasteiger charge is 2.37. The van der Waals surface area contributed by atoms with E-state index in [4.69, 9.17) is 21.5 Å². The van der Waals surface area contributed by atoms with Gasteiger partial charge in [0.05, 0.1) is 22.6 Å². The minimum absolute atomic E-state index is 0.0413. The number of carboxylic acids is 1. The fourth-order valence-corrected chi connectivity index (χ4v) is 7.49. The molecule has 0 unspecified atom stereocenters. The summed E-state index contributed by atoms with van der Waals surface area (Å²) in [5, 5.41) is 17.9. The zero-order valence-corrected chi connectivity index (χ0v) is 27.9. The van der Waals surface area contributed by atoms with Gasteiger partial charge in [-0.1, -0.05) is 48.0 Å². The molecule has 16 heteroatoms. The van der Waals surface area contributed by atoms with E-state index in [0.717, 1.165) is 23.8 Å². The zero-order valence-electron chi connectivity index (χ0n) is 25.6. The van der Waals surface area contributed by atoms with E-state index < -0.39 is 65.8 Å². The van der Waals surface area contributed by atoms with Crippen LogP contribution in [-0.4, -0.2) is 69.4 Å². The molecule has 1 aliphatic rings. The van der Waals surface area contributed by atoms with E-state index in [1.54, 1.807) is 13.0 Å². The maximum absolute atomic E-state index is 13.7. The first-order valence-electron chi connectivity index (χ1n) is 14.6. The summed E-state index contributed by atoms with van der Waals surface area (Å²) in [7, 11) is -8.62. The van der Waals surface area contributed by atoms with Crippen molar-refractivity contribution in [2.75, 3.05) is 11.3 Å². The molecule has 0 saturated carbocycles. The van der Waals surface area contributed by atoms with E-state index in [1.165, 1.54) is 24.0 Å². The molecule has 1 heterocycles. The van der Waals surface area contributed by atoms with Gasteiger partial charge in [0.15, 0.2) is 0 Å². The molecule has 3 aromatic rings. The first-order chi connectivity index (χ1) is 22.1. The molecule has 4 rings (SSSR count). The highest BCUT2D eigenvalue weighted by Crippen LogP contribution is 2.29.